The van der Waals surface area contributed by atoms with Crippen LogP contribution in [0.3, 0.4) is 0 Å². The summed E-state index contributed by atoms with van der Waals surface area (Å²) >= 11 is 0. The largest absolute Gasteiger partial charge is 0.478 e. The predicted molar refractivity (Wildman–Crippen MR) is 117 cm³/mol. The summed E-state index contributed by atoms with van der Waals surface area (Å²) in [5.74, 6) is -1.47. The summed E-state index contributed by atoms with van der Waals surface area (Å²) in [6, 6.07) is 18.0. The molecule has 1 atom stereocenters. The fraction of sp³-hybridized carbons (Fsp3) is 0.120. The van der Waals surface area contributed by atoms with Crippen molar-refractivity contribution in [2.24, 2.45) is 0 Å². The van der Waals surface area contributed by atoms with Crippen LogP contribution in [0, 0.1) is 5.82 Å². The van der Waals surface area contributed by atoms with Gasteiger partial charge < -0.3 is 14.3 Å². The van der Waals surface area contributed by atoms with Crippen LogP contribution >= 0.6 is 0 Å². The Bertz CT molecular complexity index is 1340. The average Bonchev–Trinajstić information content (AvgIpc) is 3.33. The van der Waals surface area contributed by atoms with E-state index in [0.717, 1.165) is 5.56 Å². The highest BCUT2D eigenvalue weighted by molar-refractivity contribution is 6.11. The van der Waals surface area contributed by atoms with E-state index in [-0.39, 0.29) is 24.0 Å². The zero-order valence-corrected chi connectivity index (χ0v) is 17.0. The second kappa shape index (κ2) is 7.53. The molecule has 1 aliphatic heterocycles. The van der Waals surface area contributed by atoms with Crippen molar-refractivity contribution < 1.29 is 28.2 Å². The summed E-state index contributed by atoms with van der Waals surface area (Å²) < 4.78 is 24.6. The zero-order valence-electron chi connectivity index (χ0n) is 17.0. The van der Waals surface area contributed by atoms with Gasteiger partial charge in [-0.15, -0.1) is 0 Å². The monoisotopic (exact) mass is 431 g/mol. The summed E-state index contributed by atoms with van der Waals surface area (Å²) in [5, 5.41) is 10.4. The van der Waals surface area contributed by atoms with Gasteiger partial charge in [0, 0.05) is 22.6 Å². The fourth-order valence-electron chi connectivity index (χ4n) is 4.05. The zero-order chi connectivity index (χ0) is 22.4. The summed E-state index contributed by atoms with van der Waals surface area (Å²) in [5.41, 5.74) is 2.79. The van der Waals surface area contributed by atoms with Crippen LogP contribution in [0.2, 0.25) is 0 Å². The smallest absolute Gasteiger partial charge is 0.414 e. The number of carboxylic acid groups (broad SMARTS) is 1. The molecule has 160 valence electrons. The Hall–Kier alpha value is -4.13. The lowest BCUT2D eigenvalue weighted by Crippen LogP contribution is -2.31. The number of hydrogen-bond acceptors (Lipinski definition) is 4. The van der Waals surface area contributed by atoms with Crippen LogP contribution in [0.25, 0.3) is 33.4 Å². The highest BCUT2D eigenvalue weighted by atomic mass is 19.1. The average molecular weight is 431 g/mol. The Morgan fingerprint density at radius 3 is 2.41 bits per heavy atom. The van der Waals surface area contributed by atoms with Gasteiger partial charge in [0.05, 0.1) is 11.7 Å². The topological polar surface area (TPSA) is 80.0 Å². The number of furan rings is 1. The van der Waals surface area contributed by atoms with E-state index in [0.29, 0.717) is 27.8 Å². The maximum absolute atomic E-state index is 13.4. The fourth-order valence-corrected chi connectivity index (χ4v) is 4.05. The molecule has 32 heavy (non-hydrogen) atoms. The maximum atomic E-state index is 13.4. The van der Waals surface area contributed by atoms with Gasteiger partial charge in [-0.2, -0.15) is 0 Å². The lowest BCUT2D eigenvalue weighted by molar-refractivity contribution is 0.0699. The molecule has 6 nitrogen and oxygen atoms in total. The van der Waals surface area contributed by atoms with Gasteiger partial charge in [0.1, 0.15) is 29.3 Å². The van der Waals surface area contributed by atoms with Crippen LogP contribution in [0.1, 0.15) is 17.3 Å². The van der Waals surface area contributed by atoms with E-state index in [2.05, 4.69) is 0 Å². The number of fused-ring (bicyclic) bond motifs is 1. The number of nitrogens with zero attached hydrogens (tertiary/aromatic N) is 1. The number of carboxylic acids is 1. The molecule has 1 aliphatic rings. The molecule has 0 saturated carbocycles. The predicted octanol–water partition coefficient (Wildman–Crippen LogP) is 5.95. The lowest BCUT2D eigenvalue weighted by Gasteiger charge is -2.21. The molecule has 7 heteroatoms. The van der Waals surface area contributed by atoms with Crippen molar-refractivity contribution in [2.45, 2.75) is 13.0 Å². The van der Waals surface area contributed by atoms with Crippen molar-refractivity contribution in [1.29, 1.82) is 0 Å². The number of amides is 1. The molecule has 5 rings (SSSR count). The van der Waals surface area contributed by atoms with Crippen molar-refractivity contribution in [1.82, 2.24) is 0 Å². The lowest BCUT2D eigenvalue weighted by atomic mass is 9.98. The summed E-state index contributed by atoms with van der Waals surface area (Å²) in [6.07, 6.45) is -0.474. The third kappa shape index (κ3) is 3.19. The molecule has 1 saturated heterocycles. The standard InChI is InChI=1S/C25H18FNO5/c1-14-13-31-25(30)27(14)20-12-21-19(11-18(20)15-5-3-2-4-6-15)22(24(28)29)23(32-21)16-7-9-17(26)10-8-16/h2-12,14H,13H2,1H3,(H,28,29)/t14-/m0/s1. The summed E-state index contributed by atoms with van der Waals surface area (Å²) in [7, 11) is 0. The highest BCUT2D eigenvalue weighted by Crippen LogP contribution is 2.42. The Kier molecular flexibility index (Phi) is 4.66. The summed E-state index contributed by atoms with van der Waals surface area (Å²) in [4.78, 5) is 26.2. The maximum Gasteiger partial charge on any atom is 0.414 e. The molecule has 1 amide bonds. The van der Waals surface area contributed by atoms with Crippen molar-refractivity contribution >= 4 is 28.7 Å². The molecular formula is C25H18FNO5. The minimum absolute atomic E-state index is 0.0209. The first-order valence-corrected chi connectivity index (χ1v) is 10.0. The number of aromatic carboxylic acids is 1. The minimum Gasteiger partial charge on any atom is -0.478 e. The van der Waals surface area contributed by atoms with E-state index >= 15 is 0 Å². The number of rotatable bonds is 4. The van der Waals surface area contributed by atoms with Crippen molar-refractivity contribution in [3.05, 3.63) is 78.1 Å². The molecule has 4 aromatic rings. The second-order valence-corrected chi connectivity index (χ2v) is 7.65. The Morgan fingerprint density at radius 2 is 1.78 bits per heavy atom. The van der Waals surface area contributed by atoms with Gasteiger partial charge in [-0.25, -0.2) is 14.0 Å². The van der Waals surface area contributed by atoms with E-state index in [9.17, 15) is 19.1 Å². The first kappa shape index (κ1) is 19.8. The van der Waals surface area contributed by atoms with Gasteiger partial charge in [-0.05, 0) is 42.8 Å². The third-order valence-corrected chi connectivity index (χ3v) is 5.56. The Balaban J connectivity index is 1.81. The molecule has 1 N–H and O–H groups in total. The number of carbonyl (C=O) groups is 2. The van der Waals surface area contributed by atoms with E-state index in [4.69, 9.17) is 9.15 Å². The molecule has 1 fully saturated rings. The normalized spacial score (nSPS) is 15.9. The van der Waals surface area contributed by atoms with E-state index < -0.39 is 17.9 Å². The van der Waals surface area contributed by atoms with Crippen molar-refractivity contribution in [2.75, 3.05) is 11.5 Å². The number of carbonyl (C=O) groups excluding carboxylic acids is 1. The number of anilines is 1. The quantitative estimate of drug-likeness (QED) is 0.432. The van der Waals surface area contributed by atoms with E-state index in [1.165, 1.54) is 24.3 Å². The van der Waals surface area contributed by atoms with Gasteiger partial charge in [0.15, 0.2) is 0 Å². The van der Waals surface area contributed by atoms with Gasteiger partial charge in [-0.1, -0.05) is 30.3 Å². The third-order valence-electron chi connectivity index (χ3n) is 5.56. The van der Waals surface area contributed by atoms with Gasteiger partial charge in [0.2, 0.25) is 0 Å². The molecule has 2 heterocycles. The molecular weight excluding hydrogens is 413 g/mol. The Morgan fingerprint density at radius 1 is 1.06 bits per heavy atom. The highest BCUT2D eigenvalue weighted by Gasteiger charge is 2.34. The number of halogens is 1. The van der Waals surface area contributed by atoms with E-state index in [1.54, 1.807) is 17.0 Å². The van der Waals surface area contributed by atoms with E-state index in [1.807, 2.05) is 37.3 Å². The first-order chi connectivity index (χ1) is 15.4. The number of hydrogen-bond donors (Lipinski definition) is 1. The van der Waals surface area contributed by atoms with Crippen LogP contribution in [0.4, 0.5) is 14.9 Å². The van der Waals surface area contributed by atoms with Crippen LogP contribution in [-0.2, 0) is 4.74 Å². The number of cyclic esters (lactones) is 1. The molecule has 3 aromatic carbocycles. The van der Waals surface area contributed by atoms with Crippen LogP contribution in [-0.4, -0.2) is 29.8 Å². The molecule has 0 bridgehead atoms. The molecule has 0 spiro atoms. The minimum atomic E-state index is -1.16. The molecule has 1 aromatic heterocycles. The number of benzene rings is 3. The molecule has 0 unspecified atom stereocenters. The SMILES string of the molecule is C[C@H]1COC(=O)N1c1cc2oc(-c3ccc(F)cc3)c(C(=O)O)c2cc1-c1ccccc1. The number of ether oxygens (including phenoxy) is 1. The molecule has 0 aliphatic carbocycles. The van der Waals surface area contributed by atoms with Gasteiger partial charge in [-0.3, -0.25) is 4.90 Å². The first-order valence-electron chi connectivity index (χ1n) is 10.0. The second-order valence-electron chi connectivity index (χ2n) is 7.65. The van der Waals surface area contributed by atoms with Gasteiger partial charge in [0.25, 0.3) is 0 Å². The van der Waals surface area contributed by atoms with Crippen molar-refractivity contribution in [3.63, 3.8) is 0 Å². The molecule has 0 radical (unpaired) electrons. The Labute approximate surface area is 182 Å². The van der Waals surface area contributed by atoms with Crippen molar-refractivity contribution in [3.8, 4) is 22.5 Å². The van der Waals surface area contributed by atoms with Crippen LogP contribution < -0.4 is 4.90 Å². The summed E-state index contributed by atoms with van der Waals surface area (Å²) in [6.45, 7) is 2.13. The van der Waals surface area contributed by atoms with Crippen LogP contribution in [0.15, 0.2) is 71.1 Å². The van der Waals surface area contributed by atoms with Crippen LogP contribution in [0.5, 0.6) is 0 Å². The van der Waals surface area contributed by atoms with Gasteiger partial charge >= 0.3 is 12.1 Å².